The SMILES string of the molecule is O=C(NC(O)OCCSSC(=O)OCc1ccccc1)OCc1ccccc1. The molecule has 1 amide bonds. The highest BCUT2D eigenvalue weighted by atomic mass is 33.1. The first-order chi connectivity index (χ1) is 13.6. The minimum atomic E-state index is -1.49. The molecule has 2 aromatic rings. The molecule has 1 unspecified atom stereocenters. The predicted molar refractivity (Wildman–Crippen MR) is 108 cm³/mol. The second-order valence-electron chi connectivity index (χ2n) is 5.36. The third-order valence-corrected chi connectivity index (χ3v) is 5.19. The summed E-state index contributed by atoms with van der Waals surface area (Å²) in [5, 5.41) is 11.3. The molecule has 0 aliphatic heterocycles. The van der Waals surface area contributed by atoms with Crippen LogP contribution in [-0.4, -0.2) is 35.3 Å². The first kappa shape index (κ1) is 22.1. The molecule has 0 radical (unpaired) electrons. The van der Waals surface area contributed by atoms with Gasteiger partial charge in [-0.1, -0.05) is 71.5 Å². The Hall–Kier alpha value is -2.20. The van der Waals surface area contributed by atoms with Crippen LogP contribution in [0.5, 0.6) is 0 Å². The first-order valence-electron chi connectivity index (χ1n) is 8.40. The maximum Gasteiger partial charge on any atom is 0.411 e. The topological polar surface area (TPSA) is 94.1 Å². The molecule has 0 spiro atoms. The van der Waals surface area contributed by atoms with Gasteiger partial charge in [-0.3, -0.25) is 5.32 Å². The molecule has 2 N–H and O–H groups in total. The maximum absolute atomic E-state index is 11.6. The summed E-state index contributed by atoms with van der Waals surface area (Å²) in [4.78, 5) is 23.2. The number of hydrogen-bond donors (Lipinski definition) is 2. The van der Waals surface area contributed by atoms with Gasteiger partial charge >= 0.3 is 11.4 Å². The second-order valence-corrected chi connectivity index (χ2v) is 7.71. The third kappa shape index (κ3) is 9.65. The van der Waals surface area contributed by atoms with Gasteiger partial charge in [0.15, 0.2) is 0 Å². The van der Waals surface area contributed by atoms with E-state index in [-0.39, 0.29) is 19.8 Å². The van der Waals surface area contributed by atoms with E-state index in [0.717, 1.165) is 21.9 Å². The number of carbonyl (C=O) groups excluding carboxylic acids is 2. The van der Waals surface area contributed by atoms with Crippen LogP contribution in [-0.2, 0) is 27.4 Å². The van der Waals surface area contributed by atoms with Gasteiger partial charge in [0.2, 0.25) is 6.41 Å². The fraction of sp³-hybridized carbons (Fsp3) is 0.263. The van der Waals surface area contributed by atoms with Crippen molar-refractivity contribution in [1.29, 1.82) is 0 Å². The lowest BCUT2D eigenvalue weighted by molar-refractivity contribution is -0.110. The Labute approximate surface area is 171 Å². The molecule has 150 valence electrons. The normalized spacial score (nSPS) is 11.5. The van der Waals surface area contributed by atoms with Crippen molar-refractivity contribution < 1.29 is 28.9 Å². The summed E-state index contributed by atoms with van der Waals surface area (Å²) in [6.45, 7) is 0.443. The molecule has 7 nitrogen and oxygen atoms in total. The van der Waals surface area contributed by atoms with Gasteiger partial charge in [0, 0.05) is 16.5 Å². The van der Waals surface area contributed by atoms with Crippen LogP contribution in [0.15, 0.2) is 60.7 Å². The standard InChI is InChI=1S/C19H21NO6S2/c21-17(20-18(22)25-13-15-7-3-1-4-8-15)24-11-12-27-28-19(23)26-14-16-9-5-2-6-10-16/h1-10,17,21H,11-14H2,(H,20,22). The molecule has 0 heterocycles. The van der Waals surface area contributed by atoms with Crippen molar-refractivity contribution in [2.45, 2.75) is 19.6 Å². The van der Waals surface area contributed by atoms with Gasteiger partial charge in [-0.15, -0.1) is 0 Å². The third-order valence-electron chi connectivity index (χ3n) is 3.22. The maximum atomic E-state index is 11.6. The number of amides is 1. The van der Waals surface area contributed by atoms with Crippen LogP contribution in [0.2, 0.25) is 0 Å². The van der Waals surface area contributed by atoms with Crippen LogP contribution in [0.3, 0.4) is 0 Å². The average Bonchev–Trinajstić information content (AvgIpc) is 2.72. The monoisotopic (exact) mass is 423 g/mol. The Morgan fingerprint density at radius 1 is 0.929 bits per heavy atom. The molecule has 9 heteroatoms. The Morgan fingerprint density at radius 3 is 2.11 bits per heavy atom. The minimum Gasteiger partial charge on any atom is -0.452 e. The fourth-order valence-corrected chi connectivity index (χ4v) is 3.27. The number of alkyl carbamates (subject to hydrolysis) is 1. The van der Waals surface area contributed by atoms with Gasteiger partial charge < -0.3 is 19.3 Å². The fourth-order valence-electron chi connectivity index (χ4n) is 1.93. The molecule has 2 rings (SSSR count). The zero-order valence-corrected chi connectivity index (χ0v) is 16.6. The van der Waals surface area contributed by atoms with Gasteiger partial charge in [-0.05, 0) is 11.1 Å². The molecule has 28 heavy (non-hydrogen) atoms. The second kappa shape index (κ2) is 13.1. The molecule has 0 aliphatic rings. The van der Waals surface area contributed by atoms with Gasteiger partial charge in [0.25, 0.3) is 0 Å². The molecule has 0 fully saturated rings. The highest BCUT2D eigenvalue weighted by Gasteiger charge is 2.11. The lowest BCUT2D eigenvalue weighted by Crippen LogP contribution is -2.37. The number of ether oxygens (including phenoxy) is 3. The van der Waals surface area contributed by atoms with Crippen molar-refractivity contribution in [2.75, 3.05) is 12.4 Å². The van der Waals surface area contributed by atoms with E-state index in [4.69, 9.17) is 14.2 Å². The Kier molecular flexibility index (Phi) is 10.3. The first-order valence-corrected chi connectivity index (χ1v) is 10.7. The lowest BCUT2D eigenvalue weighted by atomic mass is 10.2. The van der Waals surface area contributed by atoms with E-state index >= 15 is 0 Å². The Morgan fingerprint density at radius 2 is 1.50 bits per heavy atom. The van der Waals surface area contributed by atoms with Crippen molar-refractivity contribution in [1.82, 2.24) is 5.32 Å². The highest BCUT2D eigenvalue weighted by Crippen LogP contribution is 2.23. The van der Waals surface area contributed by atoms with Crippen molar-refractivity contribution >= 4 is 33.0 Å². The van der Waals surface area contributed by atoms with Gasteiger partial charge in [0.05, 0.1) is 6.61 Å². The molecular formula is C19H21NO6S2. The van der Waals surface area contributed by atoms with Crippen molar-refractivity contribution in [3.63, 3.8) is 0 Å². The van der Waals surface area contributed by atoms with Crippen LogP contribution in [0.25, 0.3) is 0 Å². The summed E-state index contributed by atoms with van der Waals surface area (Å²) >= 11 is 0. The number of aliphatic hydroxyl groups excluding tert-OH is 1. The zero-order chi connectivity index (χ0) is 20.0. The molecular weight excluding hydrogens is 402 g/mol. The van der Waals surface area contributed by atoms with Gasteiger partial charge in [-0.25, -0.2) is 9.59 Å². The van der Waals surface area contributed by atoms with Crippen LogP contribution in [0, 0.1) is 0 Å². The minimum absolute atomic E-state index is 0.0942. The summed E-state index contributed by atoms with van der Waals surface area (Å²) < 4.78 is 15.1. The van der Waals surface area contributed by atoms with Gasteiger partial charge in [-0.2, -0.15) is 0 Å². The number of hydrogen-bond acceptors (Lipinski definition) is 8. The van der Waals surface area contributed by atoms with Gasteiger partial charge in [0.1, 0.15) is 13.2 Å². The summed E-state index contributed by atoms with van der Waals surface area (Å²) in [6.07, 6.45) is -2.28. The predicted octanol–water partition coefficient (Wildman–Crippen LogP) is 3.92. The van der Waals surface area contributed by atoms with E-state index < -0.39 is 17.8 Å². The summed E-state index contributed by atoms with van der Waals surface area (Å²) in [7, 11) is 2.18. The molecule has 0 aliphatic carbocycles. The molecule has 2 aromatic carbocycles. The van der Waals surface area contributed by atoms with Crippen molar-refractivity contribution in [3.05, 3.63) is 71.8 Å². The summed E-state index contributed by atoms with van der Waals surface area (Å²) in [5.74, 6) is 0.420. The van der Waals surface area contributed by atoms with E-state index in [1.54, 1.807) is 0 Å². The Bertz CT molecular complexity index is 717. The van der Waals surface area contributed by atoms with E-state index in [1.807, 2.05) is 60.7 Å². The average molecular weight is 424 g/mol. The van der Waals surface area contributed by atoms with Crippen LogP contribution >= 0.6 is 21.6 Å². The molecule has 0 saturated heterocycles. The number of nitrogens with one attached hydrogen (secondary N) is 1. The molecule has 0 saturated carbocycles. The summed E-state index contributed by atoms with van der Waals surface area (Å²) in [5.41, 5.74) is 1.75. The number of aliphatic hydroxyl groups is 1. The smallest absolute Gasteiger partial charge is 0.411 e. The van der Waals surface area contributed by atoms with E-state index in [0.29, 0.717) is 5.75 Å². The number of rotatable bonds is 10. The van der Waals surface area contributed by atoms with Crippen LogP contribution in [0.1, 0.15) is 11.1 Å². The van der Waals surface area contributed by atoms with Crippen molar-refractivity contribution in [3.8, 4) is 0 Å². The lowest BCUT2D eigenvalue weighted by Gasteiger charge is -2.13. The summed E-state index contributed by atoms with van der Waals surface area (Å²) in [6, 6.07) is 18.6. The molecule has 1 atom stereocenters. The van der Waals surface area contributed by atoms with Crippen LogP contribution < -0.4 is 5.32 Å². The highest BCUT2D eigenvalue weighted by molar-refractivity contribution is 8.82. The number of carbonyl (C=O) groups is 2. The molecule has 0 aromatic heterocycles. The molecule has 0 bridgehead atoms. The van der Waals surface area contributed by atoms with Crippen LogP contribution in [0.4, 0.5) is 9.59 Å². The van der Waals surface area contributed by atoms with E-state index in [9.17, 15) is 14.7 Å². The zero-order valence-electron chi connectivity index (χ0n) is 15.0. The largest absolute Gasteiger partial charge is 0.452 e. The quantitative estimate of drug-likeness (QED) is 0.257. The Balaban J connectivity index is 1.48. The van der Waals surface area contributed by atoms with E-state index in [2.05, 4.69) is 5.32 Å². The van der Waals surface area contributed by atoms with E-state index in [1.165, 1.54) is 10.8 Å². The van der Waals surface area contributed by atoms with Crippen molar-refractivity contribution in [2.24, 2.45) is 0 Å². The number of benzene rings is 2.